The van der Waals surface area contributed by atoms with E-state index in [4.69, 9.17) is 0 Å². The normalized spacial score (nSPS) is 22.8. The molecule has 1 heterocycles. The number of hydrogen-bond donors (Lipinski definition) is 1. The summed E-state index contributed by atoms with van der Waals surface area (Å²) in [5.41, 5.74) is 0. The summed E-state index contributed by atoms with van der Waals surface area (Å²) in [4.78, 5) is 5.20. The number of likely N-dealkylation sites (N-methyl/N-ethyl adjacent to an activating group) is 1. The van der Waals surface area contributed by atoms with Crippen molar-refractivity contribution in [2.24, 2.45) is 0 Å². The van der Waals surface area contributed by atoms with Gasteiger partial charge in [0.05, 0.1) is 0 Å². The van der Waals surface area contributed by atoms with Gasteiger partial charge < -0.3 is 15.1 Å². The van der Waals surface area contributed by atoms with Crippen LogP contribution in [0.2, 0.25) is 0 Å². The fraction of sp³-hybridized carbons (Fsp3) is 1.00. The molecular formula is C15H31N3. The molecule has 0 radical (unpaired) electrons. The largest absolute Gasteiger partial charge is 0.312 e. The van der Waals surface area contributed by atoms with Gasteiger partial charge in [-0.05, 0) is 52.2 Å². The van der Waals surface area contributed by atoms with Crippen LogP contribution in [0.5, 0.6) is 0 Å². The zero-order valence-electron chi connectivity index (χ0n) is 12.3. The number of rotatable bonds is 9. The molecule has 0 amide bonds. The van der Waals surface area contributed by atoms with Crippen LogP contribution >= 0.6 is 0 Å². The van der Waals surface area contributed by atoms with Crippen molar-refractivity contribution in [3.63, 3.8) is 0 Å². The van der Waals surface area contributed by atoms with Gasteiger partial charge in [0.1, 0.15) is 0 Å². The summed E-state index contributed by atoms with van der Waals surface area (Å²) in [6.07, 6.45) is 8.24. The Bertz CT molecular complexity index is 222. The summed E-state index contributed by atoms with van der Waals surface area (Å²) in [5.74, 6) is 0. The summed E-state index contributed by atoms with van der Waals surface area (Å²) < 4.78 is 0. The molecule has 0 spiro atoms. The van der Waals surface area contributed by atoms with Gasteiger partial charge in [-0.25, -0.2) is 0 Å². The van der Waals surface area contributed by atoms with Crippen molar-refractivity contribution in [2.75, 3.05) is 39.8 Å². The van der Waals surface area contributed by atoms with Gasteiger partial charge in [0, 0.05) is 31.7 Å². The molecule has 3 heteroatoms. The zero-order chi connectivity index (χ0) is 12.8. The maximum absolute atomic E-state index is 3.70. The third-order valence-corrected chi connectivity index (χ3v) is 4.43. The SMILES string of the molecule is CCCC(CNC1CC1)N(C)CCN1CCCC1. The lowest BCUT2D eigenvalue weighted by Gasteiger charge is -2.30. The molecule has 1 saturated heterocycles. The molecule has 1 aliphatic carbocycles. The second-order valence-corrected chi connectivity index (χ2v) is 6.15. The van der Waals surface area contributed by atoms with E-state index in [-0.39, 0.29) is 0 Å². The van der Waals surface area contributed by atoms with Crippen LogP contribution in [0.4, 0.5) is 0 Å². The van der Waals surface area contributed by atoms with Crippen molar-refractivity contribution in [3.05, 3.63) is 0 Å². The monoisotopic (exact) mass is 253 g/mol. The fourth-order valence-electron chi connectivity index (χ4n) is 2.89. The average molecular weight is 253 g/mol. The van der Waals surface area contributed by atoms with Gasteiger partial charge in [-0.3, -0.25) is 0 Å². The van der Waals surface area contributed by atoms with Crippen molar-refractivity contribution < 1.29 is 0 Å². The van der Waals surface area contributed by atoms with Crippen molar-refractivity contribution in [1.82, 2.24) is 15.1 Å². The first kappa shape index (κ1) is 14.3. The van der Waals surface area contributed by atoms with E-state index in [0.717, 1.165) is 12.1 Å². The highest BCUT2D eigenvalue weighted by Gasteiger charge is 2.23. The molecule has 1 aliphatic heterocycles. The second-order valence-electron chi connectivity index (χ2n) is 6.15. The third kappa shape index (κ3) is 4.87. The number of nitrogens with zero attached hydrogens (tertiary/aromatic N) is 2. The maximum atomic E-state index is 3.70. The Labute approximate surface area is 113 Å². The maximum Gasteiger partial charge on any atom is 0.0218 e. The van der Waals surface area contributed by atoms with Gasteiger partial charge in [0.25, 0.3) is 0 Å². The van der Waals surface area contributed by atoms with Gasteiger partial charge in [0.2, 0.25) is 0 Å². The van der Waals surface area contributed by atoms with E-state index in [9.17, 15) is 0 Å². The molecule has 1 N–H and O–H groups in total. The minimum Gasteiger partial charge on any atom is -0.312 e. The smallest absolute Gasteiger partial charge is 0.0218 e. The molecule has 1 atom stereocenters. The highest BCUT2D eigenvalue weighted by Crippen LogP contribution is 2.19. The highest BCUT2D eigenvalue weighted by atomic mass is 15.2. The summed E-state index contributed by atoms with van der Waals surface area (Å²) in [7, 11) is 2.31. The van der Waals surface area contributed by atoms with E-state index in [2.05, 4.69) is 29.1 Å². The second kappa shape index (κ2) is 7.46. The number of nitrogens with one attached hydrogen (secondary N) is 1. The van der Waals surface area contributed by atoms with E-state index in [1.54, 1.807) is 0 Å². The molecule has 18 heavy (non-hydrogen) atoms. The van der Waals surface area contributed by atoms with Crippen LogP contribution in [0.25, 0.3) is 0 Å². The van der Waals surface area contributed by atoms with Crippen LogP contribution < -0.4 is 5.32 Å². The molecule has 1 saturated carbocycles. The summed E-state index contributed by atoms with van der Waals surface area (Å²) in [6, 6.07) is 1.58. The van der Waals surface area contributed by atoms with Crippen molar-refractivity contribution >= 4 is 0 Å². The Hall–Kier alpha value is -0.120. The Morgan fingerprint density at radius 2 is 2.00 bits per heavy atom. The van der Waals surface area contributed by atoms with E-state index >= 15 is 0 Å². The molecule has 0 aromatic rings. The third-order valence-electron chi connectivity index (χ3n) is 4.43. The van der Waals surface area contributed by atoms with Gasteiger partial charge in [0.15, 0.2) is 0 Å². The number of likely N-dealkylation sites (tertiary alicyclic amines) is 1. The quantitative estimate of drug-likeness (QED) is 0.677. The Kier molecular flexibility index (Phi) is 5.93. The minimum absolute atomic E-state index is 0.734. The number of hydrogen-bond acceptors (Lipinski definition) is 3. The van der Waals surface area contributed by atoms with Crippen LogP contribution in [0.3, 0.4) is 0 Å². The molecule has 0 aromatic heterocycles. The van der Waals surface area contributed by atoms with Gasteiger partial charge in [-0.2, -0.15) is 0 Å². The summed E-state index contributed by atoms with van der Waals surface area (Å²) >= 11 is 0. The van der Waals surface area contributed by atoms with Crippen LogP contribution in [-0.4, -0.2) is 61.7 Å². The van der Waals surface area contributed by atoms with E-state index in [0.29, 0.717) is 0 Å². The molecule has 1 unspecified atom stereocenters. The Morgan fingerprint density at radius 3 is 2.61 bits per heavy atom. The fourth-order valence-corrected chi connectivity index (χ4v) is 2.89. The standard InChI is InChI=1S/C15H31N3/c1-3-6-15(13-16-14-7-8-14)17(2)11-12-18-9-4-5-10-18/h14-16H,3-13H2,1-2H3. The molecule has 2 rings (SSSR count). The molecule has 2 fully saturated rings. The predicted octanol–water partition coefficient (Wildman–Crippen LogP) is 1.93. The van der Waals surface area contributed by atoms with Crippen LogP contribution in [-0.2, 0) is 0 Å². The molecular weight excluding hydrogens is 222 g/mol. The Morgan fingerprint density at radius 1 is 1.28 bits per heavy atom. The van der Waals surface area contributed by atoms with Crippen molar-refractivity contribution in [2.45, 2.75) is 57.5 Å². The molecule has 3 nitrogen and oxygen atoms in total. The molecule has 0 bridgehead atoms. The molecule has 2 aliphatic rings. The van der Waals surface area contributed by atoms with Gasteiger partial charge in [-0.1, -0.05) is 13.3 Å². The van der Waals surface area contributed by atoms with E-state index < -0.39 is 0 Å². The van der Waals surface area contributed by atoms with Crippen molar-refractivity contribution in [1.29, 1.82) is 0 Å². The highest BCUT2D eigenvalue weighted by molar-refractivity contribution is 4.84. The predicted molar refractivity (Wildman–Crippen MR) is 78.0 cm³/mol. The van der Waals surface area contributed by atoms with Gasteiger partial charge in [-0.15, -0.1) is 0 Å². The lowest BCUT2D eigenvalue weighted by molar-refractivity contribution is 0.192. The van der Waals surface area contributed by atoms with Crippen molar-refractivity contribution in [3.8, 4) is 0 Å². The zero-order valence-corrected chi connectivity index (χ0v) is 12.3. The first-order valence-electron chi connectivity index (χ1n) is 7.95. The molecule has 106 valence electrons. The summed E-state index contributed by atoms with van der Waals surface area (Å²) in [6.45, 7) is 8.64. The van der Waals surface area contributed by atoms with Crippen LogP contribution in [0.15, 0.2) is 0 Å². The van der Waals surface area contributed by atoms with Gasteiger partial charge >= 0.3 is 0 Å². The lowest BCUT2D eigenvalue weighted by atomic mass is 10.1. The topological polar surface area (TPSA) is 18.5 Å². The minimum atomic E-state index is 0.734. The summed E-state index contributed by atoms with van der Waals surface area (Å²) in [5, 5.41) is 3.70. The van der Waals surface area contributed by atoms with Crippen LogP contribution in [0, 0.1) is 0 Å². The first-order chi connectivity index (χ1) is 8.79. The van der Waals surface area contributed by atoms with Crippen LogP contribution in [0.1, 0.15) is 45.4 Å². The van der Waals surface area contributed by atoms with E-state index in [1.165, 1.54) is 71.2 Å². The molecule has 0 aromatic carbocycles. The van der Waals surface area contributed by atoms with E-state index in [1.807, 2.05) is 0 Å². The lowest BCUT2D eigenvalue weighted by Crippen LogP contribution is -2.43. The Balaban J connectivity index is 1.65. The first-order valence-corrected chi connectivity index (χ1v) is 7.95. The average Bonchev–Trinajstić information content (AvgIpc) is 3.05.